The van der Waals surface area contributed by atoms with Crippen molar-refractivity contribution in [1.29, 1.82) is 0 Å². The Balaban J connectivity index is 2.01. The predicted octanol–water partition coefficient (Wildman–Crippen LogP) is 2.92. The highest BCUT2D eigenvalue weighted by Crippen LogP contribution is 2.29. The van der Waals surface area contributed by atoms with Gasteiger partial charge in [0.1, 0.15) is 11.5 Å². The number of Topliss-reactive ketones (excluding diaryl/α,β-unsaturated/α-hetero) is 1. The zero-order valence-electron chi connectivity index (χ0n) is 10.1. The maximum absolute atomic E-state index is 12.2. The van der Waals surface area contributed by atoms with Gasteiger partial charge >= 0.3 is 0 Å². The van der Waals surface area contributed by atoms with Crippen molar-refractivity contribution in [1.82, 2.24) is 0 Å². The Bertz CT molecular complexity index is 679. The molecule has 0 atom stereocenters. The highest BCUT2D eigenvalue weighted by Gasteiger charge is 2.23. The molecule has 0 saturated carbocycles. The molecule has 3 rings (SSSR count). The summed E-state index contributed by atoms with van der Waals surface area (Å²) in [6.07, 6.45) is 2.30. The lowest BCUT2D eigenvalue weighted by Gasteiger charge is -2.00. The minimum Gasteiger partial charge on any atom is -0.508 e. The van der Waals surface area contributed by atoms with Crippen molar-refractivity contribution < 1.29 is 15.0 Å². The lowest BCUT2D eigenvalue weighted by molar-refractivity contribution is 0.104. The molecule has 94 valence electrons. The van der Waals surface area contributed by atoms with Crippen LogP contribution in [0.5, 0.6) is 11.5 Å². The number of carbonyl (C=O) groups is 1. The predicted molar refractivity (Wildman–Crippen MR) is 72.2 cm³/mol. The molecule has 3 nitrogen and oxygen atoms in total. The van der Waals surface area contributed by atoms with Crippen molar-refractivity contribution in [2.45, 2.75) is 6.42 Å². The summed E-state index contributed by atoms with van der Waals surface area (Å²) in [5.41, 5.74) is 3.04. The molecule has 3 heteroatoms. The van der Waals surface area contributed by atoms with Gasteiger partial charge in [0.05, 0.1) is 0 Å². The van der Waals surface area contributed by atoms with E-state index in [9.17, 15) is 15.0 Å². The van der Waals surface area contributed by atoms with E-state index in [1.165, 1.54) is 18.2 Å². The van der Waals surface area contributed by atoms with Crippen LogP contribution in [0, 0.1) is 0 Å². The van der Waals surface area contributed by atoms with E-state index in [1.54, 1.807) is 6.08 Å². The van der Waals surface area contributed by atoms with Gasteiger partial charge in [-0.15, -0.1) is 0 Å². The van der Waals surface area contributed by atoms with Crippen LogP contribution in [-0.4, -0.2) is 16.0 Å². The average molecular weight is 252 g/mol. The molecule has 1 aliphatic rings. The molecular weight excluding hydrogens is 240 g/mol. The standard InChI is InChI=1S/C16H12O3/c17-13-6-10(7-14(18)9-13)5-12-8-11-3-1-2-4-15(11)16(12)19/h1-7,9,17-18H,8H2/b12-5-. The molecule has 2 aromatic rings. The first-order valence-corrected chi connectivity index (χ1v) is 6.00. The Kier molecular flexibility index (Phi) is 2.60. The van der Waals surface area contributed by atoms with Crippen LogP contribution < -0.4 is 0 Å². The van der Waals surface area contributed by atoms with Gasteiger partial charge in [-0.3, -0.25) is 4.79 Å². The summed E-state index contributed by atoms with van der Waals surface area (Å²) < 4.78 is 0. The van der Waals surface area contributed by atoms with Crippen molar-refractivity contribution in [2.24, 2.45) is 0 Å². The maximum Gasteiger partial charge on any atom is 0.189 e. The molecule has 0 unspecified atom stereocenters. The first-order valence-electron chi connectivity index (χ1n) is 6.00. The molecule has 0 bridgehead atoms. The Morgan fingerprint density at radius 1 is 1.00 bits per heavy atom. The Hall–Kier alpha value is -2.55. The SMILES string of the molecule is O=C1/C(=C\c2cc(O)cc(O)c2)Cc2ccccc21. The normalized spacial score (nSPS) is 15.8. The van der Waals surface area contributed by atoms with E-state index in [0.717, 1.165) is 11.1 Å². The number of hydrogen-bond acceptors (Lipinski definition) is 3. The van der Waals surface area contributed by atoms with Gasteiger partial charge in [-0.2, -0.15) is 0 Å². The fourth-order valence-electron chi connectivity index (χ4n) is 2.37. The molecule has 0 heterocycles. The molecule has 0 radical (unpaired) electrons. The van der Waals surface area contributed by atoms with Crippen molar-refractivity contribution in [3.63, 3.8) is 0 Å². The monoisotopic (exact) mass is 252 g/mol. The number of carbonyl (C=O) groups excluding carboxylic acids is 1. The van der Waals surface area contributed by atoms with E-state index in [-0.39, 0.29) is 17.3 Å². The molecule has 0 amide bonds. The maximum atomic E-state index is 12.2. The van der Waals surface area contributed by atoms with Crippen molar-refractivity contribution >= 4 is 11.9 Å². The molecule has 0 fully saturated rings. The summed E-state index contributed by atoms with van der Waals surface area (Å²) in [5, 5.41) is 18.9. The molecule has 0 aromatic heterocycles. The molecule has 2 aromatic carbocycles. The number of rotatable bonds is 1. The topological polar surface area (TPSA) is 57.5 Å². The van der Waals surface area contributed by atoms with Crippen LogP contribution in [0.2, 0.25) is 0 Å². The fourth-order valence-corrected chi connectivity index (χ4v) is 2.37. The van der Waals surface area contributed by atoms with E-state index >= 15 is 0 Å². The lowest BCUT2D eigenvalue weighted by Crippen LogP contribution is -1.94. The van der Waals surface area contributed by atoms with Gasteiger partial charge in [0.25, 0.3) is 0 Å². The molecule has 0 aliphatic heterocycles. The van der Waals surface area contributed by atoms with Gasteiger partial charge in [-0.05, 0) is 29.3 Å². The summed E-state index contributed by atoms with van der Waals surface area (Å²) in [4.78, 5) is 12.2. The number of allylic oxidation sites excluding steroid dienone is 1. The first kappa shape index (κ1) is 11.5. The second-order valence-corrected chi connectivity index (χ2v) is 4.62. The van der Waals surface area contributed by atoms with Gasteiger partial charge in [0, 0.05) is 23.6 Å². The van der Waals surface area contributed by atoms with E-state index < -0.39 is 0 Å². The third-order valence-electron chi connectivity index (χ3n) is 3.20. The highest BCUT2D eigenvalue weighted by atomic mass is 16.3. The van der Waals surface area contributed by atoms with Crippen LogP contribution in [0.4, 0.5) is 0 Å². The molecule has 0 saturated heterocycles. The number of aromatic hydroxyl groups is 2. The minimum absolute atomic E-state index is 0.0124. The van der Waals surface area contributed by atoms with Crippen molar-refractivity contribution in [2.75, 3.05) is 0 Å². The summed E-state index contributed by atoms with van der Waals surface area (Å²) in [5.74, 6) is -0.0250. The Morgan fingerprint density at radius 2 is 1.68 bits per heavy atom. The summed E-state index contributed by atoms with van der Waals surface area (Å²) in [6, 6.07) is 11.8. The quantitative estimate of drug-likeness (QED) is 0.767. The third kappa shape index (κ3) is 2.10. The van der Waals surface area contributed by atoms with Gasteiger partial charge in [-0.1, -0.05) is 24.3 Å². The van der Waals surface area contributed by atoms with Gasteiger partial charge < -0.3 is 10.2 Å². The summed E-state index contributed by atoms with van der Waals surface area (Å²) >= 11 is 0. The van der Waals surface area contributed by atoms with Crippen LogP contribution in [0.25, 0.3) is 6.08 Å². The van der Waals surface area contributed by atoms with E-state index in [4.69, 9.17) is 0 Å². The number of benzene rings is 2. The number of fused-ring (bicyclic) bond motifs is 1. The molecular formula is C16H12O3. The van der Waals surface area contributed by atoms with Crippen LogP contribution in [-0.2, 0) is 6.42 Å². The van der Waals surface area contributed by atoms with Gasteiger partial charge in [0.2, 0.25) is 0 Å². The minimum atomic E-state index is -0.0187. The van der Waals surface area contributed by atoms with E-state index in [1.807, 2.05) is 24.3 Å². The fraction of sp³-hybridized carbons (Fsp3) is 0.0625. The number of ketones is 1. The molecule has 1 aliphatic carbocycles. The van der Waals surface area contributed by atoms with Crippen molar-refractivity contribution in [3.05, 3.63) is 64.7 Å². The molecule has 0 spiro atoms. The summed E-state index contributed by atoms with van der Waals surface area (Å²) in [7, 11) is 0. The Morgan fingerprint density at radius 3 is 2.37 bits per heavy atom. The van der Waals surface area contributed by atoms with Crippen LogP contribution in [0.1, 0.15) is 21.5 Å². The van der Waals surface area contributed by atoms with Crippen LogP contribution >= 0.6 is 0 Å². The van der Waals surface area contributed by atoms with Crippen LogP contribution in [0.15, 0.2) is 48.0 Å². The molecule has 19 heavy (non-hydrogen) atoms. The van der Waals surface area contributed by atoms with E-state index in [0.29, 0.717) is 17.6 Å². The highest BCUT2D eigenvalue weighted by molar-refractivity contribution is 6.15. The average Bonchev–Trinajstić information content (AvgIpc) is 2.66. The van der Waals surface area contributed by atoms with E-state index in [2.05, 4.69) is 0 Å². The first-order chi connectivity index (χ1) is 9.13. The zero-order chi connectivity index (χ0) is 13.4. The lowest BCUT2D eigenvalue weighted by atomic mass is 10.1. The van der Waals surface area contributed by atoms with Gasteiger partial charge in [-0.25, -0.2) is 0 Å². The summed E-state index contributed by atoms with van der Waals surface area (Å²) in [6.45, 7) is 0. The smallest absolute Gasteiger partial charge is 0.189 e. The Labute approximate surface area is 110 Å². The second kappa shape index (κ2) is 4.28. The zero-order valence-corrected chi connectivity index (χ0v) is 10.1. The number of phenolic OH excluding ortho intramolecular Hbond substituents is 2. The second-order valence-electron chi connectivity index (χ2n) is 4.62. The van der Waals surface area contributed by atoms with Crippen molar-refractivity contribution in [3.8, 4) is 11.5 Å². The largest absolute Gasteiger partial charge is 0.508 e. The molecule has 2 N–H and O–H groups in total. The number of phenols is 2. The van der Waals surface area contributed by atoms with Gasteiger partial charge in [0.15, 0.2) is 5.78 Å². The van der Waals surface area contributed by atoms with Crippen LogP contribution in [0.3, 0.4) is 0 Å². The number of hydrogen-bond donors (Lipinski definition) is 2. The third-order valence-corrected chi connectivity index (χ3v) is 3.20.